The molecular formula is C15H15NO3. The molecule has 4 nitrogen and oxygen atoms in total. The van der Waals surface area contributed by atoms with Crippen LogP contribution in [0.5, 0.6) is 0 Å². The Morgan fingerprint density at radius 2 is 2.16 bits per heavy atom. The number of carbonyl (C=O) groups excluding carboxylic acids is 1. The molecule has 2 N–H and O–H groups in total. The number of carbonyl (C=O) groups is 1. The predicted molar refractivity (Wildman–Crippen MR) is 69.7 cm³/mol. The SMILES string of the molecule is O=C(NCC1(O)CCc2ccccc21)c1ccco1. The van der Waals surface area contributed by atoms with E-state index in [1.165, 1.54) is 6.26 Å². The molecule has 1 aromatic carbocycles. The van der Waals surface area contributed by atoms with E-state index in [1.54, 1.807) is 12.1 Å². The molecule has 1 unspecified atom stereocenters. The van der Waals surface area contributed by atoms with Gasteiger partial charge in [-0.05, 0) is 36.1 Å². The number of rotatable bonds is 3. The van der Waals surface area contributed by atoms with Crippen LogP contribution in [0.2, 0.25) is 0 Å². The first-order chi connectivity index (χ1) is 9.19. The number of benzene rings is 1. The van der Waals surface area contributed by atoms with Crippen LogP contribution in [-0.2, 0) is 12.0 Å². The van der Waals surface area contributed by atoms with E-state index < -0.39 is 5.60 Å². The van der Waals surface area contributed by atoms with Gasteiger partial charge < -0.3 is 14.8 Å². The summed E-state index contributed by atoms with van der Waals surface area (Å²) in [5.74, 6) is -0.0438. The van der Waals surface area contributed by atoms with E-state index in [0.717, 1.165) is 17.5 Å². The van der Waals surface area contributed by atoms with Crippen LogP contribution in [0.4, 0.5) is 0 Å². The third-order valence-electron chi connectivity index (χ3n) is 3.61. The molecule has 1 atom stereocenters. The molecule has 0 spiro atoms. The van der Waals surface area contributed by atoms with Crippen LogP contribution in [-0.4, -0.2) is 17.6 Å². The van der Waals surface area contributed by atoms with E-state index in [-0.39, 0.29) is 18.2 Å². The fraction of sp³-hybridized carbons (Fsp3) is 0.267. The maximum atomic E-state index is 11.8. The van der Waals surface area contributed by atoms with Crippen LogP contribution in [0.1, 0.15) is 28.1 Å². The molecule has 3 rings (SSSR count). The number of hydrogen-bond acceptors (Lipinski definition) is 3. The molecule has 0 aliphatic heterocycles. The van der Waals surface area contributed by atoms with E-state index in [1.807, 2.05) is 24.3 Å². The Bertz CT molecular complexity index is 591. The lowest BCUT2D eigenvalue weighted by atomic mass is 9.96. The Morgan fingerprint density at radius 1 is 1.32 bits per heavy atom. The topological polar surface area (TPSA) is 62.5 Å². The van der Waals surface area contributed by atoms with Crippen molar-refractivity contribution >= 4 is 5.91 Å². The summed E-state index contributed by atoms with van der Waals surface area (Å²) in [5.41, 5.74) is 1.09. The monoisotopic (exact) mass is 257 g/mol. The molecule has 1 heterocycles. The number of furan rings is 1. The van der Waals surface area contributed by atoms with Crippen molar-refractivity contribution in [2.24, 2.45) is 0 Å². The summed E-state index contributed by atoms with van der Waals surface area (Å²) in [6.45, 7) is 0.198. The second kappa shape index (κ2) is 4.55. The molecule has 1 amide bonds. The quantitative estimate of drug-likeness (QED) is 0.882. The van der Waals surface area contributed by atoms with Crippen molar-refractivity contribution in [1.82, 2.24) is 5.32 Å². The third kappa shape index (κ3) is 2.15. The van der Waals surface area contributed by atoms with Crippen molar-refractivity contribution in [2.75, 3.05) is 6.54 Å². The van der Waals surface area contributed by atoms with Gasteiger partial charge in [0.05, 0.1) is 12.8 Å². The Labute approximate surface area is 111 Å². The van der Waals surface area contributed by atoms with Crippen molar-refractivity contribution in [3.8, 4) is 0 Å². The van der Waals surface area contributed by atoms with Gasteiger partial charge in [0.1, 0.15) is 5.60 Å². The van der Waals surface area contributed by atoms with Gasteiger partial charge in [-0.3, -0.25) is 4.79 Å². The molecule has 0 radical (unpaired) electrons. The summed E-state index contributed by atoms with van der Waals surface area (Å²) in [6.07, 6.45) is 2.92. The fourth-order valence-corrected chi connectivity index (χ4v) is 2.57. The van der Waals surface area contributed by atoms with Crippen LogP contribution in [0.15, 0.2) is 47.1 Å². The van der Waals surface area contributed by atoms with Crippen LogP contribution < -0.4 is 5.32 Å². The molecule has 0 saturated carbocycles. The molecule has 0 saturated heterocycles. The lowest BCUT2D eigenvalue weighted by molar-refractivity contribution is 0.0365. The highest BCUT2D eigenvalue weighted by Crippen LogP contribution is 2.36. The van der Waals surface area contributed by atoms with Crippen molar-refractivity contribution in [3.63, 3.8) is 0 Å². The zero-order valence-electron chi connectivity index (χ0n) is 10.4. The molecule has 98 valence electrons. The Balaban J connectivity index is 1.72. The van der Waals surface area contributed by atoms with Gasteiger partial charge in [-0.15, -0.1) is 0 Å². The maximum Gasteiger partial charge on any atom is 0.287 e. The average Bonchev–Trinajstić information content (AvgIpc) is 3.06. The van der Waals surface area contributed by atoms with Crippen molar-refractivity contribution < 1.29 is 14.3 Å². The van der Waals surface area contributed by atoms with Crippen molar-refractivity contribution in [1.29, 1.82) is 0 Å². The van der Waals surface area contributed by atoms with Crippen molar-refractivity contribution in [2.45, 2.75) is 18.4 Å². The first-order valence-electron chi connectivity index (χ1n) is 6.31. The predicted octanol–water partition coefficient (Wildman–Crippen LogP) is 1.84. The minimum Gasteiger partial charge on any atom is -0.459 e. The Hall–Kier alpha value is -2.07. The first-order valence-corrected chi connectivity index (χ1v) is 6.31. The number of fused-ring (bicyclic) bond motifs is 1. The van der Waals surface area contributed by atoms with Gasteiger partial charge in [-0.1, -0.05) is 24.3 Å². The second-order valence-corrected chi connectivity index (χ2v) is 4.85. The van der Waals surface area contributed by atoms with Gasteiger partial charge in [-0.25, -0.2) is 0 Å². The van der Waals surface area contributed by atoms with Gasteiger partial charge in [0.15, 0.2) is 5.76 Å². The summed E-state index contributed by atoms with van der Waals surface area (Å²) < 4.78 is 5.02. The zero-order chi connectivity index (χ0) is 13.3. The van der Waals surface area contributed by atoms with Gasteiger partial charge in [0.2, 0.25) is 0 Å². The largest absolute Gasteiger partial charge is 0.459 e. The second-order valence-electron chi connectivity index (χ2n) is 4.85. The smallest absolute Gasteiger partial charge is 0.287 e. The highest BCUT2D eigenvalue weighted by molar-refractivity contribution is 5.91. The molecule has 1 aliphatic carbocycles. The van der Waals surface area contributed by atoms with Gasteiger partial charge in [0.25, 0.3) is 5.91 Å². The average molecular weight is 257 g/mol. The van der Waals surface area contributed by atoms with Gasteiger partial charge in [-0.2, -0.15) is 0 Å². The molecule has 19 heavy (non-hydrogen) atoms. The molecular weight excluding hydrogens is 242 g/mol. The van der Waals surface area contributed by atoms with Crippen LogP contribution in [0, 0.1) is 0 Å². The minimum absolute atomic E-state index is 0.198. The molecule has 0 fully saturated rings. The first kappa shape index (κ1) is 12.0. The van der Waals surface area contributed by atoms with E-state index >= 15 is 0 Å². The lowest BCUT2D eigenvalue weighted by Gasteiger charge is -2.24. The summed E-state index contributed by atoms with van der Waals surface area (Å²) in [4.78, 5) is 11.8. The standard InChI is InChI=1S/C15H15NO3/c17-14(13-6-3-9-19-13)16-10-15(18)8-7-11-4-1-2-5-12(11)15/h1-6,9,18H,7-8,10H2,(H,16,17). The number of amides is 1. The van der Waals surface area contributed by atoms with Crippen LogP contribution in [0.3, 0.4) is 0 Å². The van der Waals surface area contributed by atoms with Gasteiger partial charge in [0, 0.05) is 0 Å². The molecule has 4 heteroatoms. The number of aliphatic hydroxyl groups is 1. The number of hydrogen-bond donors (Lipinski definition) is 2. The summed E-state index contributed by atoms with van der Waals surface area (Å²) in [6, 6.07) is 11.1. The highest BCUT2D eigenvalue weighted by Gasteiger charge is 2.36. The minimum atomic E-state index is -0.973. The van der Waals surface area contributed by atoms with Crippen molar-refractivity contribution in [3.05, 3.63) is 59.5 Å². The highest BCUT2D eigenvalue weighted by atomic mass is 16.3. The van der Waals surface area contributed by atoms with Crippen LogP contribution in [0.25, 0.3) is 0 Å². The summed E-state index contributed by atoms with van der Waals surface area (Å²) >= 11 is 0. The normalized spacial score (nSPS) is 21.1. The lowest BCUT2D eigenvalue weighted by Crippen LogP contribution is -2.39. The third-order valence-corrected chi connectivity index (χ3v) is 3.61. The van der Waals surface area contributed by atoms with E-state index in [2.05, 4.69) is 5.32 Å². The number of nitrogens with one attached hydrogen (secondary N) is 1. The van der Waals surface area contributed by atoms with E-state index in [0.29, 0.717) is 6.42 Å². The molecule has 0 bridgehead atoms. The Morgan fingerprint density at radius 3 is 2.95 bits per heavy atom. The summed E-state index contributed by atoms with van der Waals surface area (Å²) in [7, 11) is 0. The van der Waals surface area contributed by atoms with Gasteiger partial charge >= 0.3 is 0 Å². The maximum absolute atomic E-state index is 11.8. The summed E-state index contributed by atoms with van der Waals surface area (Å²) in [5, 5.41) is 13.4. The van der Waals surface area contributed by atoms with E-state index in [4.69, 9.17) is 4.42 Å². The molecule has 1 aromatic heterocycles. The Kier molecular flexibility index (Phi) is 2.87. The molecule has 1 aliphatic rings. The van der Waals surface area contributed by atoms with Crippen LogP contribution >= 0.6 is 0 Å². The fourth-order valence-electron chi connectivity index (χ4n) is 2.57. The number of aryl methyl sites for hydroxylation is 1. The zero-order valence-corrected chi connectivity index (χ0v) is 10.4. The molecule has 2 aromatic rings. The van der Waals surface area contributed by atoms with E-state index in [9.17, 15) is 9.90 Å².